The highest BCUT2D eigenvalue weighted by Gasteiger charge is 2.38. The summed E-state index contributed by atoms with van der Waals surface area (Å²) in [5.74, 6) is 0.699. The number of pyridine rings is 1. The lowest BCUT2D eigenvalue weighted by atomic mass is 9.78. The molecule has 0 fully saturated rings. The lowest BCUT2D eigenvalue weighted by Crippen LogP contribution is -2.16. The lowest BCUT2D eigenvalue weighted by Gasteiger charge is -2.25. The second kappa shape index (κ2) is 11.3. The number of hydrogen-bond acceptors (Lipinski definition) is 3. The molecule has 1 aliphatic rings. The molecule has 7 aromatic carbocycles. The summed E-state index contributed by atoms with van der Waals surface area (Å²) in [5.41, 5.74) is 13.6. The van der Waals surface area contributed by atoms with Gasteiger partial charge in [-0.2, -0.15) is 0 Å². The van der Waals surface area contributed by atoms with Crippen LogP contribution in [0.1, 0.15) is 25.0 Å². The van der Waals surface area contributed by atoms with Crippen LogP contribution in [-0.4, -0.2) is 15.0 Å². The van der Waals surface area contributed by atoms with Crippen molar-refractivity contribution in [2.24, 2.45) is 0 Å². The van der Waals surface area contributed by atoms with Crippen LogP contribution in [0, 0.1) is 0 Å². The first-order chi connectivity index (χ1) is 25.1. The van der Waals surface area contributed by atoms with E-state index in [2.05, 4.69) is 146 Å². The molecule has 0 bridgehead atoms. The third-order valence-corrected chi connectivity index (χ3v) is 10.7. The number of nitrogens with zero attached hydrogens (tertiary/aromatic N) is 3. The molecule has 51 heavy (non-hydrogen) atoms. The van der Waals surface area contributed by atoms with E-state index >= 15 is 0 Å². The maximum Gasteiger partial charge on any atom is 0.160 e. The SMILES string of the molecule is CC1(C)c2ccc3ccccc3c2-c2cccc(-c3ccc(-c4cc(-c5cccc6ncccc56)nc(-c5ccccc5)n4)c4ccccc34)c21. The summed E-state index contributed by atoms with van der Waals surface area (Å²) < 4.78 is 0. The largest absolute Gasteiger partial charge is 0.256 e. The van der Waals surface area contributed by atoms with Crippen molar-refractivity contribution in [2.45, 2.75) is 19.3 Å². The van der Waals surface area contributed by atoms with Gasteiger partial charge in [0.15, 0.2) is 5.82 Å². The zero-order valence-electron chi connectivity index (χ0n) is 28.4. The van der Waals surface area contributed by atoms with E-state index in [0.717, 1.165) is 44.4 Å². The van der Waals surface area contributed by atoms with E-state index in [4.69, 9.17) is 9.97 Å². The van der Waals surface area contributed by atoms with Gasteiger partial charge in [-0.1, -0.05) is 153 Å². The van der Waals surface area contributed by atoms with Crippen LogP contribution < -0.4 is 0 Å². The Morgan fingerprint density at radius 2 is 1.08 bits per heavy atom. The first-order valence-corrected chi connectivity index (χ1v) is 17.5. The highest BCUT2D eigenvalue weighted by molar-refractivity contribution is 6.09. The molecule has 2 heterocycles. The topological polar surface area (TPSA) is 38.7 Å². The summed E-state index contributed by atoms with van der Waals surface area (Å²) in [4.78, 5) is 15.0. The molecular formula is C48H33N3. The number of rotatable bonds is 4. The fourth-order valence-corrected chi connectivity index (χ4v) is 8.40. The van der Waals surface area contributed by atoms with E-state index in [9.17, 15) is 0 Å². The molecule has 0 aliphatic heterocycles. The zero-order valence-corrected chi connectivity index (χ0v) is 28.4. The fourth-order valence-electron chi connectivity index (χ4n) is 8.40. The third kappa shape index (κ3) is 4.55. The molecule has 0 unspecified atom stereocenters. The van der Waals surface area contributed by atoms with Crippen molar-refractivity contribution >= 4 is 32.4 Å². The van der Waals surface area contributed by atoms with Crippen LogP contribution in [0.4, 0.5) is 0 Å². The van der Waals surface area contributed by atoms with Crippen LogP contribution in [0.3, 0.4) is 0 Å². The van der Waals surface area contributed by atoms with Gasteiger partial charge in [0.05, 0.1) is 16.9 Å². The number of benzene rings is 7. The Kier molecular flexibility index (Phi) is 6.53. The van der Waals surface area contributed by atoms with Gasteiger partial charge in [-0.05, 0) is 73.1 Å². The molecule has 3 heteroatoms. The minimum Gasteiger partial charge on any atom is -0.256 e. The van der Waals surface area contributed by atoms with E-state index < -0.39 is 0 Å². The van der Waals surface area contributed by atoms with E-state index in [-0.39, 0.29) is 5.41 Å². The molecule has 9 aromatic rings. The Morgan fingerprint density at radius 3 is 1.90 bits per heavy atom. The summed E-state index contributed by atoms with van der Waals surface area (Å²) in [6.45, 7) is 4.76. The van der Waals surface area contributed by atoms with Crippen molar-refractivity contribution in [3.63, 3.8) is 0 Å². The standard InChI is InChI=1S/C48H33N3/c1-48(2)41-27-24-30-13-6-7-16-32(30)45(41)40-21-10-20-39(46(40)48)35-25-26-38(34-18-9-8-17-33(34)35)44-29-43(50-47(51-44)31-14-4-3-5-15-31)37-19-11-23-42-36(37)22-12-28-49-42/h3-29H,1-2H3. The van der Waals surface area contributed by atoms with Gasteiger partial charge in [-0.3, -0.25) is 4.98 Å². The van der Waals surface area contributed by atoms with Crippen molar-refractivity contribution in [3.05, 3.63) is 175 Å². The van der Waals surface area contributed by atoms with Crippen LogP contribution in [0.5, 0.6) is 0 Å². The van der Waals surface area contributed by atoms with Gasteiger partial charge in [-0.15, -0.1) is 0 Å². The molecule has 0 atom stereocenters. The van der Waals surface area contributed by atoms with Gasteiger partial charge in [-0.25, -0.2) is 9.97 Å². The average Bonchev–Trinajstić information content (AvgIpc) is 3.43. The summed E-state index contributed by atoms with van der Waals surface area (Å²) >= 11 is 0. The minimum atomic E-state index is -0.162. The normalized spacial score (nSPS) is 13.1. The molecule has 0 amide bonds. The second-order valence-corrected chi connectivity index (χ2v) is 14.0. The summed E-state index contributed by atoms with van der Waals surface area (Å²) in [7, 11) is 0. The Labute approximate surface area is 297 Å². The molecule has 3 nitrogen and oxygen atoms in total. The number of aromatic nitrogens is 3. The predicted octanol–water partition coefficient (Wildman–Crippen LogP) is 12.3. The lowest BCUT2D eigenvalue weighted by molar-refractivity contribution is 0.662. The molecule has 0 spiro atoms. The Balaban J connectivity index is 1.20. The summed E-state index contributed by atoms with van der Waals surface area (Å²) in [5, 5.41) is 6.03. The highest BCUT2D eigenvalue weighted by atomic mass is 14.9. The second-order valence-electron chi connectivity index (χ2n) is 14.0. The van der Waals surface area contributed by atoms with E-state index in [1.54, 1.807) is 0 Å². The average molecular weight is 652 g/mol. The molecule has 0 saturated heterocycles. The molecule has 0 radical (unpaired) electrons. The molecule has 240 valence electrons. The Bertz CT molecular complexity index is 2830. The minimum absolute atomic E-state index is 0.162. The van der Waals surface area contributed by atoms with E-state index in [1.807, 2.05) is 36.5 Å². The molecular weight excluding hydrogens is 619 g/mol. The van der Waals surface area contributed by atoms with Gasteiger partial charge in [0, 0.05) is 33.7 Å². The highest BCUT2D eigenvalue weighted by Crippen LogP contribution is 2.55. The fraction of sp³-hybridized carbons (Fsp3) is 0.0625. The Morgan fingerprint density at radius 1 is 0.451 bits per heavy atom. The van der Waals surface area contributed by atoms with Gasteiger partial charge in [0.2, 0.25) is 0 Å². The Hall–Kier alpha value is -6.45. The number of fused-ring (bicyclic) bond motifs is 7. The van der Waals surface area contributed by atoms with Gasteiger partial charge in [0.25, 0.3) is 0 Å². The summed E-state index contributed by atoms with van der Waals surface area (Å²) in [6.07, 6.45) is 1.84. The van der Waals surface area contributed by atoms with Crippen LogP contribution in [0.2, 0.25) is 0 Å². The van der Waals surface area contributed by atoms with Crippen molar-refractivity contribution < 1.29 is 0 Å². The quantitative estimate of drug-likeness (QED) is 0.190. The molecule has 10 rings (SSSR count). The predicted molar refractivity (Wildman–Crippen MR) is 212 cm³/mol. The number of hydrogen-bond donors (Lipinski definition) is 0. The van der Waals surface area contributed by atoms with Crippen molar-refractivity contribution in [1.29, 1.82) is 0 Å². The molecule has 0 saturated carbocycles. The third-order valence-electron chi connectivity index (χ3n) is 10.7. The smallest absolute Gasteiger partial charge is 0.160 e. The van der Waals surface area contributed by atoms with E-state index in [1.165, 1.54) is 49.5 Å². The molecule has 1 aliphatic carbocycles. The van der Waals surface area contributed by atoms with Crippen LogP contribution in [0.25, 0.3) is 88.6 Å². The monoisotopic (exact) mass is 651 g/mol. The van der Waals surface area contributed by atoms with Crippen molar-refractivity contribution in [1.82, 2.24) is 15.0 Å². The molecule has 2 aromatic heterocycles. The van der Waals surface area contributed by atoms with Crippen LogP contribution in [-0.2, 0) is 5.41 Å². The first kappa shape index (κ1) is 29.5. The maximum absolute atomic E-state index is 5.24. The molecule has 0 N–H and O–H groups in total. The van der Waals surface area contributed by atoms with Gasteiger partial charge < -0.3 is 0 Å². The van der Waals surface area contributed by atoms with Crippen LogP contribution >= 0.6 is 0 Å². The van der Waals surface area contributed by atoms with Gasteiger partial charge in [0.1, 0.15) is 0 Å². The van der Waals surface area contributed by atoms with Crippen molar-refractivity contribution in [3.8, 4) is 56.2 Å². The van der Waals surface area contributed by atoms with E-state index in [0.29, 0.717) is 5.82 Å². The zero-order chi connectivity index (χ0) is 34.1. The van der Waals surface area contributed by atoms with Gasteiger partial charge >= 0.3 is 0 Å². The van der Waals surface area contributed by atoms with Crippen molar-refractivity contribution in [2.75, 3.05) is 0 Å². The first-order valence-electron chi connectivity index (χ1n) is 17.5. The summed E-state index contributed by atoms with van der Waals surface area (Å²) in [6, 6.07) is 56.3. The maximum atomic E-state index is 5.24. The van der Waals surface area contributed by atoms with Crippen LogP contribution in [0.15, 0.2) is 164 Å².